The van der Waals surface area contributed by atoms with Gasteiger partial charge >= 0.3 is 11.0 Å². The third-order valence-electron chi connectivity index (χ3n) is 4.94. The lowest BCUT2D eigenvalue weighted by atomic mass is 10.3. The summed E-state index contributed by atoms with van der Waals surface area (Å²) in [5.74, 6) is 0. The van der Waals surface area contributed by atoms with Gasteiger partial charge in [-0.15, -0.1) is 0 Å². The summed E-state index contributed by atoms with van der Waals surface area (Å²) in [7, 11) is -10.2. The normalized spacial score (nSPS) is 14.1. The van der Waals surface area contributed by atoms with Gasteiger partial charge in [0.15, 0.2) is 28.4 Å². The number of sulfonamides is 2. The van der Waals surface area contributed by atoms with Gasteiger partial charge in [0, 0.05) is 0 Å². The van der Waals surface area contributed by atoms with Crippen LogP contribution in [0, 0.1) is 0 Å². The lowest BCUT2D eigenvalue weighted by molar-refractivity contribution is -0.890. The van der Waals surface area contributed by atoms with Crippen LogP contribution in [0.15, 0.2) is 0 Å². The Labute approximate surface area is 188 Å². The lowest BCUT2D eigenvalue weighted by Crippen LogP contribution is -2.45. The molecule has 0 fully saturated rings. The van der Waals surface area contributed by atoms with Crippen molar-refractivity contribution in [3.8, 4) is 0 Å². The molecule has 16 heteroatoms. The molecule has 0 saturated carbocycles. The van der Waals surface area contributed by atoms with E-state index in [0.29, 0.717) is 0 Å². The number of quaternary nitrogens is 1. The molecule has 7 nitrogen and oxygen atoms in total. The molecule has 0 N–H and O–H groups in total. The van der Waals surface area contributed by atoms with E-state index in [2.05, 4.69) is 41.8 Å². The van der Waals surface area contributed by atoms with Crippen LogP contribution >= 0.6 is 0 Å². The van der Waals surface area contributed by atoms with Crippen molar-refractivity contribution in [2.24, 2.45) is 0 Å². The van der Waals surface area contributed by atoms with Crippen molar-refractivity contribution in [3.63, 3.8) is 0 Å². The molecule has 0 amide bonds. The molecule has 0 radical (unpaired) electrons. The first-order valence-electron chi connectivity index (χ1n) is 9.98. The minimum absolute atomic E-state index is 0.778. The highest BCUT2D eigenvalue weighted by Gasteiger charge is 2.46. The van der Waals surface area contributed by atoms with E-state index in [1.807, 2.05) is 0 Å². The van der Waals surface area contributed by atoms with E-state index in [0.717, 1.165) is 21.8 Å². The molecule has 32 heavy (non-hydrogen) atoms. The van der Waals surface area contributed by atoms with E-state index in [4.69, 9.17) is 4.43 Å². The van der Waals surface area contributed by atoms with E-state index in [9.17, 15) is 43.2 Å². The summed E-state index contributed by atoms with van der Waals surface area (Å²) in [6, 6.07) is 3.80. The molecule has 0 aromatic rings. The summed E-state index contributed by atoms with van der Waals surface area (Å²) in [4.78, 5) is 0. The molecule has 0 spiro atoms. The molecule has 0 heterocycles. The topological polar surface area (TPSA) is 91.6 Å². The zero-order chi connectivity index (χ0) is 26.1. The molecule has 0 aromatic carbocycles. The summed E-state index contributed by atoms with van der Waals surface area (Å²) >= 11 is 0. The van der Waals surface area contributed by atoms with Crippen LogP contribution in [0.25, 0.3) is 4.13 Å². The second kappa shape index (κ2) is 12.9. The van der Waals surface area contributed by atoms with Crippen LogP contribution in [-0.2, 0) is 24.5 Å². The van der Waals surface area contributed by atoms with Gasteiger partial charge in [-0.25, -0.2) is 16.8 Å². The highest BCUT2D eigenvalue weighted by Crippen LogP contribution is 2.36. The standard InChI is InChI=1S/C14H34NOSi.C2F6NO4S2/c1-7-11-12-15(5,6)13-14-16-17(8-2,9-3)10-4;3-1(4,5)14(10,11)9-15(12,13)2(6,7)8/h7-14H2,1-6H3;/q+1;-1. The second-order valence-corrected chi connectivity index (χ2v) is 15.9. The van der Waals surface area contributed by atoms with E-state index in [-0.39, 0.29) is 0 Å². The van der Waals surface area contributed by atoms with Crippen LogP contribution in [0.3, 0.4) is 0 Å². The largest absolute Gasteiger partial charge is 0.480 e. The Morgan fingerprint density at radius 3 is 1.44 bits per heavy atom. The smallest absolute Gasteiger partial charge is 0.421 e. The molecule has 196 valence electrons. The first-order valence-corrected chi connectivity index (χ1v) is 15.4. The number of hydrogen-bond donors (Lipinski definition) is 0. The minimum Gasteiger partial charge on any atom is -0.421 e. The quantitative estimate of drug-likeness (QED) is 0.199. The van der Waals surface area contributed by atoms with Crippen LogP contribution in [0.1, 0.15) is 40.5 Å². The Morgan fingerprint density at radius 2 is 1.16 bits per heavy atom. The number of unbranched alkanes of at least 4 members (excludes halogenated alkanes) is 1. The van der Waals surface area contributed by atoms with Gasteiger partial charge in [0.25, 0.3) is 0 Å². The maximum atomic E-state index is 11.4. The number of hydrogen-bond acceptors (Lipinski definition) is 5. The third kappa shape index (κ3) is 11.6. The van der Waals surface area contributed by atoms with Crippen molar-refractivity contribution < 1.29 is 52.1 Å². The molecule has 0 aliphatic carbocycles. The highest BCUT2D eigenvalue weighted by molar-refractivity contribution is 8.13. The van der Waals surface area contributed by atoms with E-state index in [1.54, 1.807) is 0 Å². The SMILES string of the molecule is CCCC[N+](C)(C)CCO[Si](CC)(CC)CC.O=S(=O)([N-]S(=O)(=O)C(F)(F)F)C(F)(F)F. The van der Waals surface area contributed by atoms with Crippen molar-refractivity contribution in [2.75, 3.05) is 33.8 Å². The van der Waals surface area contributed by atoms with Crippen LogP contribution in [0.5, 0.6) is 0 Å². The number of halogens is 6. The van der Waals surface area contributed by atoms with Gasteiger partial charge in [0.05, 0.1) is 27.2 Å². The third-order valence-corrected chi connectivity index (χ3v) is 12.4. The van der Waals surface area contributed by atoms with Gasteiger partial charge in [0.1, 0.15) is 6.54 Å². The van der Waals surface area contributed by atoms with Crippen LogP contribution in [-0.4, -0.2) is 74.4 Å². The Bertz CT molecular complexity index is 702. The van der Waals surface area contributed by atoms with Gasteiger partial charge in [-0.05, 0) is 24.6 Å². The number of nitrogens with zero attached hydrogens (tertiary/aromatic N) is 2. The maximum Gasteiger partial charge on any atom is 0.480 e. The molecule has 0 aromatic heterocycles. The molecule has 0 aliphatic heterocycles. The fraction of sp³-hybridized carbons (Fsp3) is 1.00. The summed E-state index contributed by atoms with van der Waals surface area (Å²) in [6.45, 7) is 12.6. The molecule has 0 rings (SSSR count). The predicted molar refractivity (Wildman–Crippen MR) is 113 cm³/mol. The van der Waals surface area contributed by atoms with Crippen molar-refractivity contribution >= 4 is 28.4 Å². The van der Waals surface area contributed by atoms with E-state index in [1.165, 1.54) is 37.5 Å². The van der Waals surface area contributed by atoms with Crippen molar-refractivity contribution in [1.82, 2.24) is 0 Å². The highest BCUT2D eigenvalue weighted by atomic mass is 32.3. The Kier molecular flexibility index (Phi) is 13.6. The second-order valence-electron chi connectivity index (χ2n) is 7.74. The first kappa shape index (κ1) is 33.7. The molecule has 0 saturated heterocycles. The predicted octanol–water partition coefficient (Wildman–Crippen LogP) is 4.94. The van der Waals surface area contributed by atoms with E-state index >= 15 is 0 Å². The van der Waals surface area contributed by atoms with E-state index < -0.39 is 39.4 Å². The Morgan fingerprint density at radius 1 is 0.781 bits per heavy atom. The number of likely N-dealkylation sites (N-methyl/N-ethyl adjacent to an activating group) is 1. The molecule has 0 bridgehead atoms. The molecule has 0 atom stereocenters. The number of alkyl halides is 6. The summed E-state index contributed by atoms with van der Waals surface area (Å²) < 4.78 is 117. The van der Waals surface area contributed by atoms with Gasteiger partial charge in [0.2, 0.25) is 0 Å². The van der Waals surface area contributed by atoms with Gasteiger partial charge in [-0.3, -0.25) is 0 Å². The molecular weight excluding hydrogens is 506 g/mol. The van der Waals surface area contributed by atoms with Crippen molar-refractivity contribution in [1.29, 1.82) is 0 Å². The average molecular weight is 541 g/mol. The average Bonchev–Trinajstić information content (AvgIpc) is 2.62. The zero-order valence-corrected chi connectivity index (χ0v) is 21.8. The number of rotatable bonds is 12. The van der Waals surface area contributed by atoms with Gasteiger partial charge in [-0.1, -0.05) is 34.1 Å². The Hall–Kier alpha value is -0.423. The monoisotopic (exact) mass is 540 g/mol. The fourth-order valence-corrected chi connectivity index (χ4v) is 6.82. The van der Waals surface area contributed by atoms with Gasteiger partial charge < -0.3 is 13.0 Å². The summed E-state index contributed by atoms with van der Waals surface area (Å²) in [5.41, 5.74) is -12.4. The summed E-state index contributed by atoms with van der Waals surface area (Å²) in [5, 5.41) is 0. The van der Waals surface area contributed by atoms with Crippen LogP contribution in [0.2, 0.25) is 18.1 Å². The van der Waals surface area contributed by atoms with Crippen molar-refractivity contribution in [3.05, 3.63) is 4.13 Å². The Balaban J connectivity index is 0. The van der Waals surface area contributed by atoms with Gasteiger partial charge in [-0.2, -0.15) is 26.3 Å². The van der Waals surface area contributed by atoms with Crippen LogP contribution in [0.4, 0.5) is 26.3 Å². The molecule has 0 aliphatic rings. The fourth-order valence-electron chi connectivity index (χ4n) is 2.48. The molecule has 0 unspecified atom stereocenters. The van der Waals surface area contributed by atoms with Crippen molar-refractivity contribution in [2.45, 2.75) is 69.7 Å². The summed E-state index contributed by atoms with van der Waals surface area (Å²) in [6.07, 6.45) is 2.62. The zero-order valence-electron chi connectivity index (χ0n) is 19.2. The minimum atomic E-state index is -6.72. The lowest BCUT2D eigenvalue weighted by Gasteiger charge is -2.33. The molecular formula is C16H34F6N2O5S2Si. The maximum absolute atomic E-state index is 11.4. The first-order chi connectivity index (χ1) is 14.2. The van der Waals surface area contributed by atoms with Crippen LogP contribution < -0.4 is 0 Å².